The predicted molar refractivity (Wildman–Crippen MR) is 107 cm³/mol. The number of amides is 2. The number of aliphatic hydroxyl groups excluding tert-OH is 1. The molecule has 0 atom stereocenters. The van der Waals surface area contributed by atoms with Crippen LogP contribution in [-0.2, 0) is 9.59 Å². The molecule has 0 bridgehead atoms. The van der Waals surface area contributed by atoms with E-state index in [1.165, 1.54) is 16.7 Å². The number of carbonyl (C=O) groups is 2. The molecule has 5 nitrogen and oxygen atoms in total. The minimum atomic E-state index is -0.381. The lowest BCUT2D eigenvalue weighted by atomic mass is 10.1. The van der Waals surface area contributed by atoms with Crippen LogP contribution < -0.4 is 0 Å². The van der Waals surface area contributed by atoms with Gasteiger partial charge in [0.05, 0.1) is 11.5 Å². The fourth-order valence-corrected chi connectivity index (χ4v) is 4.50. The van der Waals surface area contributed by atoms with Gasteiger partial charge in [-0.15, -0.1) is 11.3 Å². The number of carbonyl (C=O) groups excluding carboxylic acids is 2. The maximum absolute atomic E-state index is 12.5. The number of thiophene rings is 1. The summed E-state index contributed by atoms with van der Waals surface area (Å²) in [7, 11) is 0. The van der Waals surface area contributed by atoms with Gasteiger partial charge in [0.25, 0.3) is 5.91 Å². The summed E-state index contributed by atoms with van der Waals surface area (Å²) >= 11 is 8.12. The molecule has 0 aliphatic carbocycles. The summed E-state index contributed by atoms with van der Waals surface area (Å²) in [4.78, 5) is 29.7. The lowest BCUT2D eigenvalue weighted by molar-refractivity contribution is -0.137. The van der Waals surface area contributed by atoms with Gasteiger partial charge < -0.3 is 10.0 Å². The first-order chi connectivity index (χ1) is 11.7. The maximum Gasteiger partial charge on any atom is 0.266 e. The van der Waals surface area contributed by atoms with Crippen molar-refractivity contribution in [2.75, 3.05) is 19.7 Å². The zero-order valence-electron chi connectivity index (χ0n) is 14.5. The molecule has 0 radical (unpaired) electrons. The number of nitrogens with zero attached hydrogens (tertiary/aromatic N) is 2. The molecule has 1 aromatic rings. The van der Waals surface area contributed by atoms with Gasteiger partial charge in [-0.2, -0.15) is 0 Å². The average molecular weight is 399 g/mol. The summed E-state index contributed by atoms with van der Waals surface area (Å²) in [5.74, 6) is -0.251. The molecular weight excluding hydrogens is 376 g/mol. The van der Waals surface area contributed by atoms with E-state index in [9.17, 15) is 14.7 Å². The van der Waals surface area contributed by atoms with E-state index in [1.807, 2.05) is 44.4 Å². The van der Waals surface area contributed by atoms with Crippen LogP contribution in [0.3, 0.4) is 0 Å². The topological polar surface area (TPSA) is 60.9 Å². The zero-order valence-corrected chi connectivity index (χ0v) is 17.0. The van der Waals surface area contributed by atoms with Crippen LogP contribution in [0.25, 0.3) is 6.08 Å². The van der Waals surface area contributed by atoms with Gasteiger partial charge in [0.15, 0.2) is 0 Å². The summed E-state index contributed by atoms with van der Waals surface area (Å²) in [6.45, 7) is 6.20. The highest BCUT2D eigenvalue weighted by Crippen LogP contribution is 2.33. The van der Waals surface area contributed by atoms with E-state index in [0.717, 1.165) is 4.88 Å². The van der Waals surface area contributed by atoms with Crippen LogP contribution in [0.5, 0.6) is 0 Å². The molecule has 0 spiro atoms. The molecule has 1 N–H and O–H groups in total. The Kier molecular flexibility index (Phi) is 6.79. The Labute approximate surface area is 161 Å². The van der Waals surface area contributed by atoms with Gasteiger partial charge in [0.1, 0.15) is 4.32 Å². The predicted octanol–water partition coefficient (Wildman–Crippen LogP) is 2.96. The second-order valence-electron chi connectivity index (χ2n) is 6.54. The number of rotatable bonds is 6. The zero-order chi connectivity index (χ0) is 18.6. The quantitative estimate of drug-likeness (QED) is 0.590. The number of aliphatic hydroxyl groups is 1. The SMILES string of the molecule is CC(C)(C)N(CCO)C(=O)CCN1C(=O)/C(=C/c2cccs2)SC1=S. The Balaban J connectivity index is 2.01. The molecule has 2 rings (SSSR count). The number of hydrogen-bond acceptors (Lipinski definition) is 6. The van der Waals surface area contributed by atoms with E-state index in [1.54, 1.807) is 16.2 Å². The third-order valence-corrected chi connectivity index (χ3v) is 5.87. The van der Waals surface area contributed by atoms with Crippen LogP contribution in [0.4, 0.5) is 0 Å². The first kappa shape index (κ1) is 20.1. The molecule has 2 amide bonds. The molecule has 1 fully saturated rings. The molecule has 0 unspecified atom stereocenters. The molecule has 25 heavy (non-hydrogen) atoms. The van der Waals surface area contributed by atoms with E-state index in [4.69, 9.17) is 12.2 Å². The van der Waals surface area contributed by atoms with Crippen molar-refractivity contribution < 1.29 is 14.7 Å². The van der Waals surface area contributed by atoms with E-state index in [-0.39, 0.29) is 43.5 Å². The van der Waals surface area contributed by atoms with E-state index < -0.39 is 0 Å². The molecule has 2 heterocycles. The Bertz CT molecular complexity index is 678. The van der Waals surface area contributed by atoms with E-state index >= 15 is 0 Å². The summed E-state index contributed by atoms with van der Waals surface area (Å²) in [5.41, 5.74) is -0.381. The van der Waals surface area contributed by atoms with E-state index in [2.05, 4.69) is 0 Å². The third-order valence-electron chi connectivity index (χ3n) is 3.67. The molecule has 136 valence electrons. The lowest BCUT2D eigenvalue weighted by Gasteiger charge is -2.35. The van der Waals surface area contributed by atoms with Crippen molar-refractivity contribution in [2.24, 2.45) is 0 Å². The van der Waals surface area contributed by atoms with Crippen molar-refractivity contribution in [3.8, 4) is 0 Å². The van der Waals surface area contributed by atoms with Crippen LogP contribution >= 0.6 is 35.3 Å². The van der Waals surface area contributed by atoms with Crippen molar-refractivity contribution >= 4 is 57.5 Å². The Hall–Kier alpha value is -1.22. The first-order valence-corrected chi connectivity index (χ1v) is 10.0. The Morgan fingerprint density at radius 1 is 1.44 bits per heavy atom. The van der Waals surface area contributed by atoms with Gasteiger partial charge >= 0.3 is 0 Å². The third kappa shape index (κ3) is 5.13. The minimum absolute atomic E-state index is 0.0897. The van der Waals surface area contributed by atoms with E-state index in [0.29, 0.717) is 9.23 Å². The van der Waals surface area contributed by atoms with Crippen LogP contribution in [0.2, 0.25) is 0 Å². The van der Waals surface area contributed by atoms with Gasteiger partial charge in [-0.3, -0.25) is 14.5 Å². The number of thiocarbonyl (C=S) groups is 1. The second kappa shape index (κ2) is 8.44. The minimum Gasteiger partial charge on any atom is -0.395 e. The van der Waals surface area contributed by atoms with Crippen molar-refractivity contribution in [1.29, 1.82) is 0 Å². The Morgan fingerprint density at radius 3 is 2.72 bits per heavy atom. The van der Waals surface area contributed by atoms with Crippen molar-refractivity contribution in [3.05, 3.63) is 27.3 Å². The highest BCUT2D eigenvalue weighted by atomic mass is 32.2. The number of hydrogen-bond donors (Lipinski definition) is 1. The first-order valence-electron chi connectivity index (χ1n) is 7.94. The number of thioether (sulfide) groups is 1. The molecule has 1 aromatic heterocycles. The lowest BCUT2D eigenvalue weighted by Crippen LogP contribution is -2.48. The normalized spacial score (nSPS) is 16.8. The highest BCUT2D eigenvalue weighted by Gasteiger charge is 2.33. The van der Waals surface area contributed by atoms with Gasteiger partial charge in [-0.25, -0.2) is 0 Å². The van der Waals surface area contributed by atoms with Gasteiger partial charge in [0, 0.05) is 29.9 Å². The summed E-state index contributed by atoms with van der Waals surface area (Å²) in [6.07, 6.45) is 2.01. The fourth-order valence-electron chi connectivity index (χ4n) is 2.47. The van der Waals surface area contributed by atoms with Crippen molar-refractivity contribution in [1.82, 2.24) is 9.80 Å². The monoisotopic (exact) mass is 398 g/mol. The highest BCUT2D eigenvalue weighted by molar-refractivity contribution is 8.26. The smallest absolute Gasteiger partial charge is 0.266 e. The number of β-amino-alcohol motifs (C(OH)–C–C–N with tert-alkyl or cyclic N) is 1. The largest absolute Gasteiger partial charge is 0.395 e. The van der Waals surface area contributed by atoms with Crippen molar-refractivity contribution in [3.63, 3.8) is 0 Å². The molecule has 1 aliphatic heterocycles. The van der Waals surface area contributed by atoms with Crippen LogP contribution in [0.1, 0.15) is 32.1 Å². The van der Waals surface area contributed by atoms with Gasteiger partial charge in [0.2, 0.25) is 5.91 Å². The van der Waals surface area contributed by atoms with Crippen molar-refractivity contribution in [2.45, 2.75) is 32.7 Å². The maximum atomic E-state index is 12.5. The van der Waals surface area contributed by atoms with Crippen LogP contribution in [-0.4, -0.2) is 56.3 Å². The fraction of sp³-hybridized carbons (Fsp3) is 0.471. The van der Waals surface area contributed by atoms with Crippen LogP contribution in [0.15, 0.2) is 22.4 Å². The van der Waals surface area contributed by atoms with Gasteiger partial charge in [-0.1, -0.05) is 30.0 Å². The molecule has 1 saturated heterocycles. The summed E-state index contributed by atoms with van der Waals surface area (Å²) in [6, 6.07) is 3.87. The average Bonchev–Trinajstić information content (AvgIpc) is 3.11. The molecule has 0 aromatic carbocycles. The molecule has 1 aliphatic rings. The molecule has 0 saturated carbocycles. The summed E-state index contributed by atoms with van der Waals surface area (Å²) in [5, 5.41) is 11.1. The Morgan fingerprint density at radius 2 is 2.16 bits per heavy atom. The van der Waals surface area contributed by atoms with Crippen LogP contribution in [0, 0.1) is 0 Å². The standard InChI is InChI=1S/C17H22N2O3S3/c1-17(2,3)19(8-9-20)14(21)6-7-18-15(22)13(25-16(18)23)11-12-5-4-10-24-12/h4-5,10-11,20H,6-9H2,1-3H3/b13-11-. The second-order valence-corrected chi connectivity index (χ2v) is 9.19. The molecule has 8 heteroatoms. The van der Waals surface area contributed by atoms with Gasteiger partial charge in [-0.05, 0) is 38.3 Å². The summed E-state index contributed by atoms with van der Waals surface area (Å²) < 4.78 is 0.477. The molecular formula is C17H22N2O3S3.